The fourth-order valence-corrected chi connectivity index (χ4v) is 3.02. The highest BCUT2D eigenvalue weighted by molar-refractivity contribution is 5.54. The van der Waals surface area contributed by atoms with Gasteiger partial charge in [-0.15, -0.1) is 0 Å². The Hall–Kier alpha value is -1.53. The molecule has 0 amide bonds. The third kappa shape index (κ3) is 2.21. The second-order valence-electron chi connectivity index (χ2n) is 5.47. The van der Waals surface area contributed by atoms with Gasteiger partial charge >= 0.3 is 0 Å². The predicted octanol–water partition coefficient (Wildman–Crippen LogP) is 3.19. The summed E-state index contributed by atoms with van der Waals surface area (Å²) in [4.78, 5) is 0. The van der Waals surface area contributed by atoms with Crippen molar-refractivity contribution in [1.29, 1.82) is 5.26 Å². The Morgan fingerprint density at radius 1 is 1.32 bits per heavy atom. The van der Waals surface area contributed by atoms with Crippen LogP contribution in [0.5, 0.6) is 5.75 Å². The van der Waals surface area contributed by atoms with Gasteiger partial charge in [-0.1, -0.05) is 6.07 Å². The van der Waals surface area contributed by atoms with Gasteiger partial charge in [0.15, 0.2) is 0 Å². The van der Waals surface area contributed by atoms with Crippen LogP contribution >= 0.6 is 0 Å². The highest BCUT2D eigenvalue weighted by atomic mass is 16.5. The van der Waals surface area contributed by atoms with Crippen LogP contribution in [0.15, 0.2) is 6.07 Å². The molecule has 1 aliphatic heterocycles. The number of methoxy groups -OCH3 is 1. The molecule has 0 N–H and O–H groups in total. The molecule has 0 saturated carbocycles. The maximum Gasteiger partial charge on any atom is 0.126 e. The van der Waals surface area contributed by atoms with Crippen molar-refractivity contribution in [3.63, 3.8) is 0 Å². The Balaban J connectivity index is 2.54. The van der Waals surface area contributed by atoms with Gasteiger partial charge in [-0.3, -0.25) is 0 Å². The summed E-state index contributed by atoms with van der Waals surface area (Å²) in [7, 11) is 1.72. The summed E-state index contributed by atoms with van der Waals surface area (Å²) in [5.74, 6) is 0.971. The van der Waals surface area contributed by atoms with Crippen LogP contribution in [0.3, 0.4) is 0 Å². The van der Waals surface area contributed by atoms with Crippen LogP contribution in [0.4, 0.5) is 0 Å². The molecular weight excluding hydrogens is 238 g/mol. The lowest BCUT2D eigenvalue weighted by Crippen LogP contribution is -2.47. The number of hydrogen-bond donors (Lipinski definition) is 0. The zero-order valence-corrected chi connectivity index (χ0v) is 12.2. The van der Waals surface area contributed by atoms with Crippen molar-refractivity contribution in [1.82, 2.24) is 0 Å². The SMILES string of the molecule is COc1c(C)c(C)cc(C)c1C1(CCC#N)COC1. The Kier molecular flexibility index (Phi) is 3.82. The van der Waals surface area contributed by atoms with E-state index in [0.29, 0.717) is 19.6 Å². The number of rotatable bonds is 4. The molecule has 0 atom stereocenters. The molecule has 1 saturated heterocycles. The van der Waals surface area contributed by atoms with Gasteiger partial charge in [-0.2, -0.15) is 5.26 Å². The summed E-state index contributed by atoms with van der Waals surface area (Å²) in [5.41, 5.74) is 4.87. The van der Waals surface area contributed by atoms with E-state index in [-0.39, 0.29) is 5.41 Å². The van der Waals surface area contributed by atoms with E-state index < -0.39 is 0 Å². The van der Waals surface area contributed by atoms with Gasteiger partial charge in [0.05, 0.1) is 26.4 Å². The molecule has 102 valence electrons. The van der Waals surface area contributed by atoms with Crippen LogP contribution in [-0.4, -0.2) is 20.3 Å². The Bertz CT molecular complexity index is 525. The molecule has 3 heteroatoms. The molecule has 1 heterocycles. The molecule has 0 aromatic heterocycles. The molecule has 0 unspecified atom stereocenters. The molecule has 3 nitrogen and oxygen atoms in total. The summed E-state index contributed by atoms with van der Waals surface area (Å²) in [6, 6.07) is 4.46. The molecule has 0 radical (unpaired) electrons. The third-order valence-electron chi connectivity index (χ3n) is 4.19. The number of nitriles is 1. The van der Waals surface area contributed by atoms with Crippen LogP contribution in [0, 0.1) is 32.1 Å². The van der Waals surface area contributed by atoms with Gasteiger partial charge in [-0.25, -0.2) is 0 Å². The van der Waals surface area contributed by atoms with Crippen LogP contribution in [-0.2, 0) is 10.2 Å². The van der Waals surface area contributed by atoms with Gasteiger partial charge < -0.3 is 9.47 Å². The van der Waals surface area contributed by atoms with Crippen molar-refractivity contribution in [2.75, 3.05) is 20.3 Å². The first kappa shape index (κ1) is 13.9. The Morgan fingerprint density at radius 2 is 2.00 bits per heavy atom. The van der Waals surface area contributed by atoms with Crippen molar-refractivity contribution >= 4 is 0 Å². The fourth-order valence-electron chi connectivity index (χ4n) is 3.02. The first-order chi connectivity index (χ1) is 9.05. The number of benzene rings is 1. The number of ether oxygens (including phenoxy) is 2. The lowest BCUT2D eigenvalue weighted by atomic mass is 9.72. The first-order valence-corrected chi connectivity index (χ1v) is 6.65. The van der Waals surface area contributed by atoms with Crippen molar-refractivity contribution in [3.8, 4) is 11.8 Å². The van der Waals surface area contributed by atoms with Crippen LogP contribution in [0.2, 0.25) is 0 Å². The van der Waals surface area contributed by atoms with E-state index >= 15 is 0 Å². The van der Waals surface area contributed by atoms with Crippen LogP contribution in [0.25, 0.3) is 0 Å². The number of nitrogens with zero attached hydrogens (tertiary/aromatic N) is 1. The highest BCUT2D eigenvalue weighted by Gasteiger charge is 2.43. The Morgan fingerprint density at radius 3 is 2.47 bits per heavy atom. The highest BCUT2D eigenvalue weighted by Crippen LogP contribution is 2.45. The minimum absolute atomic E-state index is 0.0381. The van der Waals surface area contributed by atoms with Crippen LogP contribution in [0.1, 0.15) is 35.1 Å². The maximum absolute atomic E-state index is 8.87. The smallest absolute Gasteiger partial charge is 0.126 e. The van der Waals surface area contributed by atoms with Crippen molar-refractivity contribution in [3.05, 3.63) is 28.3 Å². The van der Waals surface area contributed by atoms with Crippen molar-refractivity contribution in [2.45, 2.75) is 39.0 Å². The molecule has 1 aliphatic rings. The van der Waals surface area contributed by atoms with Crippen LogP contribution < -0.4 is 4.74 Å². The molecule has 1 fully saturated rings. The molecule has 19 heavy (non-hydrogen) atoms. The second kappa shape index (κ2) is 5.22. The molecule has 1 aromatic rings. The van der Waals surface area contributed by atoms with E-state index in [9.17, 15) is 0 Å². The molecule has 0 bridgehead atoms. The zero-order chi connectivity index (χ0) is 14.0. The minimum atomic E-state index is -0.0381. The molecule has 0 aliphatic carbocycles. The number of aryl methyl sites for hydroxylation is 2. The summed E-state index contributed by atoms with van der Waals surface area (Å²) in [5, 5.41) is 8.87. The Labute approximate surface area is 115 Å². The topological polar surface area (TPSA) is 42.2 Å². The summed E-state index contributed by atoms with van der Waals surface area (Å²) < 4.78 is 11.1. The lowest BCUT2D eigenvalue weighted by molar-refractivity contribution is -0.0649. The monoisotopic (exact) mass is 259 g/mol. The van der Waals surface area contributed by atoms with Gasteiger partial charge in [0.25, 0.3) is 0 Å². The average molecular weight is 259 g/mol. The van der Waals surface area contributed by atoms with Gasteiger partial charge in [0.2, 0.25) is 0 Å². The largest absolute Gasteiger partial charge is 0.496 e. The first-order valence-electron chi connectivity index (χ1n) is 6.65. The fraction of sp³-hybridized carbons (Fsp3) is 0.562. The predicted molar refractivity (Wildman–Crippen MR) is 74.5 cm³/mol. The quantitative estimate of drug-likeness (QED) is 0.834. The lowest BCUT2D eigenvalue weighted by Gasteiger charge is -2.43. The second-order valence-corrected chi connectivity index (χ2v) is 5.47. The summed E-state index contributed by atoms with van der Waals surface area (Å²) in [6.45, 7) is 7.70. The average Bonchev–Trinajstić information content (AvgIpc) is 2.34. The number of hydrogen-bond acceptors (Lipinski definition) is 3. The molecule has 1 aromatic carbocycles. The molecule has 0 spiro atoms. The van der Waals surface area contributed by atoms with Gasteiger partial charge in [0, 0.05) is 17.4 Å². The van der Waals surface area contributed by atoms with Crippen molar-refractivity contribution < 1.29 is 9.47 Å². The van der Waals surface area contributed by atoms with E-state index in [2.05, 4.69) is 32.9 Å². The van der Waals surface area contributed by atoms with E-state index in [1.807, 2.05) is 0 Å². The van der Waals surface area contributed by atoms with E-state index in [4.69, 9.17) is 14.7 Å². The van der Waals surface area contributed by atoms with E-state index in [0.717, 1.165) is 12.2 Å². The zero-order valence-electron chi connectivity index (χ0n) is 12.2. The van der Waals surface area contributed by atoms with E-state index in [1.54, 1.807) is 7.11 Å². The van der Waals surface area contributed by atoms with Gasteiger partial charge in [0.1, 0.15) is 5.75 Å². The van der Waals surface area contributed by atoms with Crippen molar-refractivity contribution in [2.24, 2.45) is 0 Å². The minimum Gasteiger partial charge on any atom is -0.496 e. The summed E-state index contributed by atoms with van der Waals surface area (Å²) in [6.07, 6.45) is 1.39. The molecular formula is C16H21NO2. The summed E-state index contributed by atoms with van der Waals surface area (Å²) >= 11 is 0. The third-order valence-corrected chi connectivity index (χ3v) is 4.19. The van der Waals surface area contributed by atoms with E-state index in [1.165, 1.54) is 22.3 Å². The normalized spacial score (nSPS) is 16.6. The standard InChI is InChI=1S/C16H21NO2/c1-11-8-12(2)14(15(18-4)13(11)3)16(6-5-7-17)9-19-10-16/h8H,5-6,9-10H2,1-4H3. The molecule has 2 rings (SSSR count). The maximum atomic E-state index is 8.87. The van der Waals surface area contributed by atoms with Gasteiger partial charge in [-0.05, 0) is 43.9 Å².